The van der Waals surface area contributed by atoms with Crippen molar-refractivity contribution in [1.82, 2.24) is 29.9 Å². The van der Waals surface area contributed by atoms with Crippen molar-refractivity contribution in [3.8, 4) is 11.5 Å². The number of nitrogens with one attached hydrogen (secondary N) is 2. The molecule has 17 heteroatoms. The van der Waals surface area contributed by atoms with E-state index in [-0.39, 0.29) is 47.2 Å². The molecule has 3 aliphatic heterocycles. The highest BCUT2D eigenvalue weighted by Gasteiger charge is 2.49. The average molecular weight is 828 g/mol. The molecule has 5 heterocycles. The average Bonchev–Trinajstić information content (AvgIpc) is 3.75. The SMILES string of the molecule is COc1cc2nn(C3CCC(CN4CCC5(CC4)CC(Oc4cccc6c4C(=O)N(C4CCC(=O)NC4=O)C6=O)C5)CC3)cc2cc1NC(=O)c1cccc(C(F)(F)F)n1. The highest BCUT2D eigenvalue weighted by molar-refractivity contribution is 6.24. The monoisotopic (exact) mass is 827 g/mol. The van der Waals surface area contributed by atoms with Gasteiger partial charge in [-0.2, -0.15) is 18.3 Å². The Bertz CT molecular complexity index is 2390. The number of halogens is 3. The Morgan fingerprint density at radius 1 is 0.950 bits per heavy atom. The number of aromatic nitrogens is 3. The van der Waals surface area contributed by atoms with Crippen LogP contribution in [0.5, 0.6) is 11.5 Å². The summed E-state index contributed by atoms with van der Waals surface area (Å²) in [7, 11) is 1.45. The second-order valence-electron chi connectivity index (χ2n) is 16.8. The van der Waals surface area contributed by atoms with E-state index in [1.807, 2.05) is 10.9 Å². The number of methoxy groups -OCH3 is 1. The van der Waals surface area contributed by atoms with E-state index in [0.29, 0.717) is 28.6 Å². The molecule has 2 N–H and O–H groups in total. The zero-order chi connectivity index (χ0) is 41.9. The lowest BCUT2D eigenvalue weighted by molar-refractivity contribution is -0.141. The molecule has 2 aromatic carbocycles. The van der Waals surface area contributed by atoms with Crippen LogP contribution in [0.4, 0.5) is 18.9 Å². The number of pyridine rings is 1. The number of anilines is 1. The number of alkyl halides is 3. The number of ether oxygens (including phenoxy) is 2. The Kier molecular flexibility index (Phi) is 10.1. The first-order valence-corrected chi connectivity index (χ1v) is 20.4. The van der Waals surface area contributed by atoms with E-state index in [9.17, 15) is 37.1 Å². The van der Waals surface area contributed by atoms with E-state index >= 15 is 0 Å². The summed E-state index contributed by atoms with van der Waals surface area (Å²) in [6.07, 6.45) is 5.32. The highest BCUT2D eigenvalue weighted by atomic mass is 19.4. The smallest absolute Gasteiger partial charge is 0.433 e. The predicted octanol–water partition coefficient (Wildman–Crippen LogP) is 6.17. The second-order valence-corrected chi connectivity index (χ2v) is 16.8. The number of carbonyl (C=O) groups excluding carboxylic acids is 5. The van der Waals surface area contributed by atoms with Crippen LogP contribution in [0.15, 0.2) is 54.7 Å². The summed E-state index contributed by atoms with van der Waals surface area (Å²) in [6.45, 7) is 3.06. The van der Waals surface area contributed by atoms with Gasteiger partial charge < -0.3 is 19.7 Å². The maximum Gasteiger partial charge on any atom is 0.433 e. The third kappa shape index (κ3) is 7.47. The molecule has 9 rings (SSSR count). The third-order valence-corrected chi connectivity index (χ3v) is 13.0. The summed E-state index contributed by atoms with van der Waals surface area (Å²) in [5.74, 6) is -1.68. The van der Waals surface area contributed by atoms with Crippen molar-refractivity contribution in [3.63, 3.8) is 0 Å². The summed E-state index contributed by atoms with van der Waals surface area (Å²) < 4.78 is 53.4. The van der Waals surface area contributed by atoms with Crippen molar-refractivity contribution in [2.45, 2.75) is 88.6 Å². The maximum atomic E-state index is 13.5. The fourth-order valence-electron chi connectivity index (χ4n) is 9.76. The molecular weight excluding hydrogens is 784 g/mol. The first-order chi connectivity index (χ1) is 28.8. The maximum absolute atomic E-state index is 13.5. The second kappa shape index (κ2) is 15.3. The van der Waals surface area contributed by atoms with E-state index in [1.165, 1.54) is 13.2 Å². The molecule has 60 heavy (non-hydrogen) atoms. The number of amides is 5. The van der Waals surface area contributed by atoms with Gasteiger partial charge in [0, 0.05) is 30.6 Å². The van der Waals surface area contributed by atoms with Crippen LogP contribution in [0, 0.1) is 11.3 Å². The number of carbonyl (C=O) groups is 5. The molecule has 0 radical (unpaired) electrons. The fraction of sp³-hybridized carbons (Fsp3) is 0.465. The molecule has 1 spiro atoms. The molecule has 1 atom stereocenters. The van der Waals surface area contributed by atoms with Crippen molar-refractivity contribution in [3.05, 3.63) is 77.2 Å². The summed E-state index contributed by atoms with van der Waals surface area (Å²) in [6, 6.07) is 10.8. The minimum atomic E-state index is -4.67. The van der Waals surface area contributed by atoms with Crippen LogP contribution in [0.1, 0.15) is 107 Å². The number of rotatable bonds is 9. The van der Waals surface area contributed by atoms with Gasteiger partial charge in [0.15, 0.2) is 0 Å². The number of piperidine rings is 2. The van der Waals surface area contributed by atoms with Crippen LogP contribution in [-0.2, 0) is 15.8 Å². The summed E-state index contributed by atoms with van der Waals surface area (Å²) in [4.78, 5) is 70.8. The Morgan fingerprint density at radius 3 is 2.42 bits per heavy atom. The first-order valence-electron chi connectivity index (χ1n) is 20.4. The molecular formula is C43H44F3N7O7. The van der Waals surface area contributed by atoms with E-state index in [1.54, 1.807) is 30.3 Å². The Balaban J connectivity index is 0.750. The van der Waals surface area contributed by atoms with Gasteiger partial charge >= 0.3 is 6.18 Å². The van der Waals surface area contributed by atoms with Gasteiger partial charge in [0.2, 0.25) is 11.8 Å². The molecule has 5 aliphatic rings. The van der Waals surface area contributed by atoms with Gasteiger partial charge in [-0.15, -0.1) is 0 Å². The zero-order valence-electron chi connectivity index (χ0n) is 32.9. The number of benzene rings is 2. The van der Waals surface area contributed by atoms with Gasteiger partial charge in [0.25, 0.3) is 17.7 Å². The van der Waals surface area contributed by atoms with Gasteiger partial charge in [-0.1, -0.05) is 12.1 Å². The molecule has 2 aromatic heterocycles. The van der Waals surface area contributed by atoms with Crippen LogP contribution in [0.2, 0.25) is 0 Å². The number of fused-ring (bicyclic) bond motifs is 2. The molecule has 4 aromatic rings. The van der Waals surface area contributed by atoms with Crippen LogP contribution >= 0.6 is 0 Å². The highest BCUT2D eigenvalue weighted by Crippen LogP contribution is 2.51. The van der Waals surface area contributed by atoms with Crippen LogP contribution < -0.4 is 20.1 Å². The minimum Gasteiger partial charge on any atom is -0.494 e. The number of imide groups is 2. The summed E-state index contributed by atoms with van der Waals surface area (Å²) >= 11 is 0. The zero-order valence-corrected chi connectivity index (χ0v) is 32.9. The van der Waals surface area contributed by atoms with Gasteiger partial charge in [-0.05, 0) is 113 Å². The van der Waals surface area contributed by atoms with Crippen LogP contribution in [0.3, 0.4) is 0 Å². The number of likely N-dealkylation sites (tertiary alicyclic amines) is 1. The molecule has 4 fully saturated rings. The lowest BCUT2D eigenvalue weighted by Crippen LogP contribution is -2.54. The van der Waals surface area contributed by atoms with Crippen molar-refractivity contribution in [1.29, 1.82) is 0 Å². The topological polar surface area (TPSA) is 165 Å². The quantitative estimate of drug-likeness (QED) is 0.187. The number of hydrogen-bond acceptors (Lipinski definition) is 10. The van der Waals surface area contributed by atoms with E-state index < -0.39 is 47.4 Å². The van der Waals surface area contributed by atoms with E-state index in [2.05, 4.69) is 20.5 Å². The Morgan fingerprint density at radius 2 is 1.70 bits per heavy atom. The van der Waals surface area contributed by atoms with Gasteiger partial charge in [0.1, 0.15) is 28.9 Å². The van der Waals surface area contributed by atoms with Crippen molar-refractivity contribution in [2.75, 3.05) is 32.1 Å². The normalized spacial score (nSPS) is 23.4. The Hall–Kier alpha value is -5.84. The summed E-state index contributed by atoms with van der Waals surface area (Å²) in [5.41, 5.74) is 0.0752. The fourth-order valence-corrected chi connectivity index (χ4v) is 9.76. The molecule has 0 bridgehead atoms. The van der Waals surface area contributed by atoms with Crippen molar-refractivity contribution in [2.24, 2.45) is 11.3 Å². The number of nitrogens with zero attached hydrogens (tertiary/aromatic N) is 5. The molecule has 5 amide bonds. The van der Waals surface area contributed by atoms with E-state index in [4.69, 9.17) is 14.6 Å². The standard InChI is InChI=1S/C43H44F3N7O7/c1-59-34-19-30-25(18-31(34)48-38(55)29-5-3-7-35(47-29)43(44,45)46)23-52(50-30)26-10-8-24(9-11-26)22-51-16-14-42(15-17-51)20-27(21-42)60-33-6-2-4-28-37(33)41(58)53(40(28)57)32-12-13-36(54)49-39(32)56/h2-7,18-19,23-24,26-27,32H,8-17,20-22H2,1H3,(H,48,55)(H,49,54,56). The largest absolute Gasteiger partial charge is 0.494 e. The van der Waals surface area contributed by atoms with Crippen molar-refractivity contribution < 1.29 is 46.6 Å². The van der Waals surface area contributed by atoms with Gasteiger partial charge in [-0.25, -0.2) is 4.98 Å². The van der Waals surface area contributed by atoms with Crippen LogP contribution in [0.25, 0.3) is 10.9 Å². The molecule has 314 valence electrons. The van der Waals surface area contributed by atoms with Crippen molar-refractivity contribution >= 4 is 46.1 Å². The Labute approximate surface area is 342 Å². The van der Waals surface area contributed by atoms with Crippen LogP contribution in [-0.4, -0.2) is 93.0 Å². The summed E-state index contributed by atoms with van der Waals surface area (Å²) in [5, 5.41) is 10.5. The van der Waals surface area contributed by atoms with Gasteiger partial charge in [0.05, 0.1) is 41.6 Å². The molecule has 1 unspecified atom stereocenters. The lowest BCUT2D eigenvalue weighted by Gasteiger charge is -2.52. The molecule has 2 saturated heterocycles. The lowest BCUT2D eigenvalue weighted by atomic mass is 9.61. The molecule has 14 nitrogen and oxygen atoms in total. The molecule has 2 aliphatic carbocycles. The minimum absolute atomic E-state index is 0.0606. The third-order valence-electron chi connectivity index (χ3n) is 13.0. The number of hydrogen-bond donors (Lipinski definition) is 2. The molecule has 2 saturated carbocycles. The predicted molar refractivity (Wildman–Crippen MR) is 209 cm³/mol. The van der Waals surface area contributed by atoms with E-state index in [0.717, 1.165) is 93.4 Å². The first kappa shape index (κ1) is 39.6. The van der Waals surface area contributed by atoms with Gasteiger partial charge in [-0.3, -0.25) is 38.9 Å².